The first-order valence-corrected chi connectivity index (χ1v) is 3.87. The van der Waals surface area contributed by atoms with Gasteiger partial charge in [0.2, 0.25) is 0 Å². The largest absolute Gasteiger partial charge is 0.352 e. The quantitative estimate of drug-likeness (QED) is 0.550. The molecule has 14 heavy (non-hydrogen) atoms. The third-order valence-corrected chi connectivity index (χ3v) is 1.64. The molecule has 0 atom stereocenters. The number of carbonyl (C=O) groups is 1. The summed E-state index contributed by atoms with van der Waals surface area (Å²) in [6.45, 7) is 0.0620. The number of nitrogens with one attached hydrogen (secondary N) is 1. The Morgan fingerprint density at radius 3 is 2.71 bits per heavy atom. The number of nitrogens with zero attached hydrogens (tertiary/aromatic N) is 1. The molecular formula is C8H9N3O3. The Bertz CT molecular complexity index is 365. The second-order valence-electron chi connectivity index (χ2n) is 2.60. The van der Waals surface area contributed by atoms with E-state index in [1.165, 1.54) is 6.07 Å². The van der Waals surface area contributed by atoms with Crippen LogP contribution in [0.1, 0.15) is 5.56 Å². The molecule has 0 aliphatic carbocycles. The molecule has 0 bridgehead atoms. The molecule has 0 fully saturated rings. The molecule has 0 heterocycles. The van der Waals surface area contributed by atoms with E-state index in [4.69, 9.17) is 5.73 Å². The first-order chi connectivity index (χ1) is 6.61. The van der Waals surface area contributed by atoms with E-state index in [0.29, 0.717) is 5.56 Å². The maximum absolute atomic E-state index is 10.5. The molecule has 0 radical (unpaired) electrons. The molecule has 0 saturated carbocycles. The molecule has 6 heteroatoms. The van der Waals surface area contributed by atoms with Crippen LogP contribution in [0.4, 0.5) is 10.5 Å². The summed E-state index contributed by atoms with van der Waals surface area (Å²) < 4.78 is 0. The minimum absolute atomic E-state index is 0.0266. The second kappa shape index (κ2) is 4.22. The maximum atomic E-state index is 10.5. The van der Waals surface area contributed by atoms with Gasteiger partial charge in [0.1, 0.15) is 0 Å². The van der Waals surface area contributed by atoms with Crippen molar-refractivity contribution in [1.82, 2.24) is 5.32 Å². The van der Waals surface area contributed by atoms with Crippen LogP contribution in [0.15, 0.2) is 24.3 Å². The molecule has 0 unspecified atom stereocenters. The van der Waals surface area contributed by atoms with Gasteiger partial charge in [-0.25, -0.2) is 4.79 Å². The van der Waals surface area contributed by atoms with Crippen molar-refractivity contribution >= 4 is 11.7 Å². The topological polar surface area (TPSA) is 98.3 Å². The van der Waals surface area contributed by atoms with E-state index in [1.807, 2.05) is 0 Å². The van der Waals surface area contributed by atoms with Crippen molar-refractivity contribution in [2.45, 2.75) is 6.54 Å². The number of amides is 2. The Morgan fingerprint density at radius 1 is 1.50 bits per heavy atom. The van der Waals surface area contributed by atoms with Crippen LogP contribution in [-0.2, 0) is 6.54 Å². The van der Waals surface area contributed by atoms with Gasteiger partial charge in [0, 0.05) is 11.6 Å². The van der Waals surface area contributed by atoms with Crippen LogP contribution < -0.4 is 11.1 Å². The van der Waals surface area contributed by atoms with Crippen molar-refractivity contribution in [3.63, 3.8) is 0 Å². The fraction of sp³-hybridized carbons (Fsp3) is 0.125. The highest BCUT2D eigenvalue weighted by molar-refractivity contribution is 5.71. The Hall–Kier alpha value is -2.11. The predicted octanol–water partition coefficient (Wildman–Crippen LogP) is 0.763. The van der Waals surface area contributed by atoms with Gasteiger partial charge in [0.25, 0.3) is 5.69 Å². The lowest BCUT2D eigenvalue weighted by molar-refractivity contribution is -0.385. The van der Waals surface area contributed by atoms with Crippen LogP contribution in [0.5, 0.6) is 0 Å². The van der Waals surface area contributed by atoms with Crippen molar-refractivity contribution in [3.05, 3.63) is 39.9 Å². The highest BCUT2D eigenvalue weighted by Crippen LogP contribution is 2.16. The van der Waals surface area contributed by atoms with E-state index < -0.39 is 11.0 Å². The normalized spacial score (nSPS) is 9.43. The van der Waals surface area contributed by atoms with Gasteiger partial charge in [-0.1, -0.05) is 18.2 Å². The number of rotatable bonds is 3. The van der Waals surface area contributed by atoms with Gasteiger partial charge < -0.3 is 11.1 Å². The molecule has 1 aromatic carbocycles. The van der Waals surface area contributed by atoms with Gasteiger partial charge in [-0.3, -0.25) is 10.1 Å². The number of nitro groups is 1. The average molecular weight is 195 g/mol. The minimum Gasteiger partial charge on any atom is -0.352 e. The summed E-state index contributed by atoms with van der Waals surface area (Å²) in [5.41, 5.74) is 5.25. The third-order valence-electron chi connectivity index (χ3n) is 1.64. The fourth-order valence-electron chi connectivity index (χ4n) is 1.02. The Morgan fingerprint density at radius 2 is 2.14 bits per heavy atom. The lowest BCUT2D eigenvalue weighted by Crippen LogP contribution is -2.28. The van der Waals surface area contributed by atoms with E-state index >= 15 is 0 Å². The summed E-state index contributed by atoms with van der Waals surface area (Å²) in [6, 6.07) is 5.45. The van der Waals surface area contributed by atoms with Crippen molar-refractivity contribution in [2.24, 2.45) is 5.73 Å². The summed E-state index contributed by atoms with van der Waals surface area (Å²) in [7, 11) is 0. The van der Waals surface area contributed by atoms with E-state index in [9.17, 15) is 14.9 Å². The molecule has 1 aromatic rings. The summed E-state index contributed by atoms with van der Waals surface area (Å²) >= 11 is 0. The maximum Gasteiger partial charge on any atom is 0.312 e. The fourth-order valence-corrected chi connectivity index (χ4v) is 1.02. The zero-order chi connectivity index (χ0) is 10.6. The molecule has 2 amide bonds. The zero-order valence-electron chi connectivity index (χ0n) is 7.27. The lowest BCUT2D eigenvalue weighted by atomic mass is 10.2. The SMILES string of the molecule is NC(=O)NCc1ccccc1[N+](=O)[O-]. The van der Waals surface area contributed by atoms with Gasteiger partial charge >= 0.3 is 6.03 Å². The number of carbonyl (C=O) groups excluding carboxylic acids is 1. The number of nitro benzene ring substituents is 1. The molecule has 3 N–H and O–H groups in total. The number of primary amides is 1. The predicted molar refractivity (Wildman–Crippen MR) is 49.5 cm³/mol. The van der Waals surface area contributed by atoms with E-state index in [1.54, 1.807) is 18.2 Å². The Kier molecular flexibility index (Phi) is 3.01. The summed E-state index contributed by atoms with van der Waals surface area (Å²) in [5, 5.41) is 12.8. The smallest absolute Gasteiger partial charge is 0.312 e. The molecule has 74 valence electrons. The van der Waals surface area contributed by atoms with E-state index in [0.717, 1.165) is 0 Å². The number of para-hydroxylation sites is 1. The number of hydrogen-bond donors (Lipinski definition) is 2. The molecule has 0 saturated heterocycles. The van der Waals surface area contributed by atoms with Crippen LogP contribution in [0.25, 0.3) is 0 Å². The Labute approximate surface area is 79.9 Å². The number of benzene rings is 1. The monoisotopic (exact) mass is 195 g/mol. The van der Waals surface area contributed by atoms with Gasteiger partial charge in [-0.2, -0.15) is 0 Å². The number of urea groups is 1. The molecule has 1 rings (SSSR count). The van der Waals surface area contributed by atoms with E-state index in [-0.39, 0.29) is 12.2 Å². The first kappa shape index (κ1) is 9.97. The first-order valence-electron chi connectivity index (χ1n) is 3.87. The van der Waals surface area contributed by atoms with Gasteiger partial charge in [-0.05, 0) is 0 Å². The van der Waals surface area contributed by atoms with Crippen LogP contribution in [0, 0.1) is 10.1 Å². The Balaban J connectivity index is 2.84. The van der Waals surface area contributed by atoms with Crippen LogP contribution in [0.3, 0.4) is 0 Å². The molecule has 0 aliphatic rings. The summed E-state index contributed by atoms with van der Waals surface area (Å²) in [4.78, 5) is 20.4. The van der Waals surface area contributed by atoms with Crippen molar-refractivity contribution in [1.29, 1.82) is 0 Å². The number of nitrogens with two attached hydrogens (primary N) is 1. The standard InChI is InChI=1S/C8H9N3O3/c9-8(12)10-5-6-3-1-2-4-7(6)11(13)14/h1-4H,5H2,(H3,9,10,12). The molecule has 0 aromatic heterocycles. The minimum atomic E-state index is -0.705. The van der Waals surface area contributed by atoms with E-state index in [2.05, 4.69) is 5.32 Å². The summed E-state index contributed by atoms with van der Waals surface area (Å²) in [6.07, 6.45) is 0. The van der Waals surface area contributed by atoms with Crippen LogP contribution in [0.2, 0.25) is 0 Å². The number of hydrogen-bond acceptors (Lipinski definition) is 3. The molecule has 0 aliphatic heterocycles. The van der Waals surface area contributed by atoms with Crippen LogP contribution >= 0.6 is 0 Å². The van der Waals surface area contributed by atoms with Gasteiger partial charge in [0.05, 0.1) is 11.5 Å². The van der Waals surface area contributed by atoms with Crippen LogP contribution in [-0.4, -0.2) is 11.0 Å². The van der Waals surface area contributed by atoms with Crippen molar-refractivity contribution in [2.75, 3.05) is 0 Å². The lowest BCUT2D eigenvalue weighted by Gasteiger charge is -2.02. The van der Waals surface area contributed by atoms with Gasteiger partial charge in [-0.15, -0.1) is 0 Å². The highest BCUT2D eigenvalue weighted by atomic mass is 16.6. The average Bonchev–Trinajstić information content (AvgIpc) is 2.15. The highest BCUT2D eigenvalue weighted by Gasteiger charge is 2.11. The van der Waals surface area contributed by atoms with Crippen molar-refractivity contribution in [3.8, 4) is 0 Å². The van der Waals surface area contributed by atoms with Crippen molar-refractivity contribution < 1.29 is 9.72 Å². The molecular weight excluding hydrogens is 186 g/mol. The summed E-state index contributed by atoms with van der Waals surface area (Å²) in [5.74, 6) is 0. The van der Waals surface area contributed by atoms with Gasteiger partial charge in [0.15, 0.2) is 0 Å². The third kappa shape index (κ3) is 2.44. The second-order valence-corrected chi connectivity index (χ2v) is 2.60. The zero-order valence-corrected chi connectivity index (χ0v) is 7.27. The molecule has 0 spiro atoms. The molecule has 6 nitrogen and oxygen atoms in total.